The number of hydrogen-bond donors (Lipinski definition) is 2. The Morgan fingerprint density at radius 3 is 2.60 bits per heavy atom. The van der Waals surface area contributed by atoms with Gasteiger partial charge >= 0.3 is 0 Å². The van der Waals surface area contributed by atoms with E-state index in [1.165, 1.54) is 11.1 Å². The molecule has 0 spiro atoms. The number of carbonyl (C=O) groups is 1. The van der Waals surface area contributed by atoms with E-state index >= 15 is 0 Å². The number of guanidine groups is 1. The maximum Gasteiger partial charge on any atom is 0.222 e. The average Bonchev–Trinajstić information content (AvgIpc) is 2.80. The summed E-state index contributed by atoms with van der Waals surface area (Å²) in [7, 11) is 3.45. The van der Waals surface area contributed by atoms with Crippen LogP contribution in [0.3, 0.4) is 0 Å². The molecule has 0 saturated carbocycles. The summed E-state index contributed by atoms with van der Waals surface area (Å²) >= 11 is 0. The van der Waals surface area contributed by atoms with E-state index in [0.717, 1.165) is 56.2 Å². The highest BCUT2D eigenvalue weighted by atomic mass is 16.5. The molecule has 0 atom stereocenters. The number of rotatable bonds is 8. The van der Waals surface area contributed by atoms with E-state index < -0.39 is 0 Å². The number of benzene rings is 2. The first-order valence-electron chi connectivity index (χ1n) is 10.6. The van der Waals surface area contributed by atoms with Gasteiger partial charge in [0.25, 0.3) is 0 Å². The predicted octanol–water partition coefficient (Wildman–Crippen LogP) is 2.77. The van der Waals surface area contributed by atoms with Crippen molar-refractivity contribution in [1.29, 1.82) is 0 Å². The maximum absolute atomic E-state index is 12.6. The Balaban J connectivity index is 1.34. The highest BCUT2D eigenvalue weighted by Crippen LogP contribution is 2.19. The zero-order chi connectivity index (χ0) is 21.2. The van der Waals surface area contributed by atoms with Gasteiger partial charge in [-0.3, -0.25) is 9.79 Å². The molecule has 1 amide bonds. The summed E-state index contributed by atoms with van der Waals surface area (Å²) in [4.78, 5) is 18.8. The number of carbonyl (C=O) groups excluding carboxylic acids is 1. The first kappa shape index (κ1) is 21.7. The number of para-hydroxylation sites is 1. The second-order valence-corrected chi connectivity index (χ2v) is 7.43. The summed E-state index contributed by atoms with van der Waals surface area (Å²) in [5.74, 6) is 1.88. The summed E-state index contributed by atoms with van der Waals surface area (Å²) in [6.45, 7) is 3.01. The second-order valence-electron chi connectivity index (χ2n) is 7.43. The summed E-state index contributed by atoms with van der Waals surface area (Å²) in [5, 5.41) is 6.61. The van der Waals surface area contributed by atoms with Crippen LogP contribution in [0.2, 0.25) is 0 Å². The topological polar surface area (TPSA) is 66.0 Å². The lowest BCUT2D eigenvalue weighted by atomic mass is 9.99. The van der Waals surface area contributed by atoms with E-state index in [2.05, 4.69) is 39.9 Å². The van der Waals surface area contributed by atoms with Crippen molar-refractivity contribution in [3.8, 4) is 5.75 Å². The lowest BCUT2D eigenvalue weighted by Gasteiger charge is -2.29. The van der Waals surface area contributed by atoms with Crippen molar-refractivity contribution < 1.29 is 9.53 Å². The number of aliphatic imine (C=N–C) groups is 1. The van der Waals surface area contributed by atoms with E-state index in [1.54, 1.807) is 14.2 Å². The molecule has 1 heterocycles. The van der Waals surface area contributed by atoms with E-state index in [9.17, 15) is 4.79 Å². The highest BCUT2D eigenvalue weighted by molar-refractivity contribution is 5.80. The summed E-state index contributed by atoms with van der Waals surface area (Å²) in [5.41, 5.74) is 3.80. The average molecular weight is 409 g/mol. The molecule has 1 aliphatic rings. The van der Waals surface area contributed by atoms with E-state index in [4.69, 9.17) is 4.74 Å². The largest absolute Gasteiger partial charge is 0.496 e. The zero-order valence-corrected chi connectivity index (χ0v) is 18.0. The lowest BCUT2D eigenvalue weighted by molar-refractivity contribution is -0.132. The SMILES string of the molecule is CN=C(NCCCC(=O)N1CCc2ccccc2C1)NCCc1ccccc1OC. The third kappa shape index (κ3) is 5.99. The van der Waals surface area contributed by atoms with E-state index in [0.29, 0.717) is 13.0 Å². The third-order valence-electron chi connectivity index (χ3n) is 5.45. The van der Waals surface area contributed by atoms with Crippen LogP contribution in [0.25, 0.3) is 0 Å². The molecule has 3 rings (SSSR count). The first-order chi connectivity index (χ1) is 14.7. The summed E-state index contributed by atoms with van der Waals surface area (Å²) < 4.78 is 5.39. The number of hydrogen-bond acceptors (Lipinski definition) is 3. The van der Waals surface area contributed by atoms with Crippen molar-refractivity contribution >= 4 is 11.9 Å². The van der Waals surface area contributed by atoms with Crippen molar-refractivity contribution in [1.82, 2.24) is 15.5 Å². The predicted molar refractivity (Wildman–Crippen MR) is 121 cm³/mol. The smallest absolute Gasteiger partial charge is 0.222 e. The fraction of sp³-hybridized carbons (Fsp3) is 0.417. The summed E-state index contributed by atoms with van der Waals surface area (Å²) in [6.07, 6.45) is 3.13. The normalized spacial score (nSPS) is 13.5. The molecule has 2 aromatic carbocycles. The van der Waals surface area contributed by atoms with E-state index in [-0.39, 0.29) is 5.91 Å². The van der Waals surface area contributed by atoms with Crippen molar-refractivity contribution in [3.05, 3.63) is 65.2 Å². The lowest BCUT2D eigenvalue weighted by Crippen LogP contribution is -2.39. The van der Waals surface area contributed by atoms with E-state index in [1.807, 2.05) is 29.2 Å². The maximum atomic E-state index is 12.6. The van der Waals surface area contributed by atoms with Gasteiger partial charge in [-0.15, -0.1) is 0 Å². The quantitative estimate of drug-likeness (QED) is 0.400. The van der Waals surface area contributed by atoms with Gasteiger partial charge in [0.1, 0.15) is 5.75 Å². The van der Waals surface area contributed by atoms with Crippen molar-refractivity contribution in [2.45, 2.75) is 32.2 Å². The number of fused-ring (bicyclic) bond motifs is 1. The Bertz CT molecular complexity index is 866. The van der Waals surface area contributed by atoms with Gasteiger partial charge in [0.05, 0.1) is 7.11 Å². The van der Waals surface area contributed by atoms with Crippen LogP contribution in [0.15, 0.2) is 53.5 Å². The molecule has 0 bridgehead atoms. The number of methoxy groups -OCH3 is 1. The molecule has 1 aliphatic heterocycles. The van der Waals surface area contributed by atoms with Gasteiger partial charge in [0.15, 0.2) is 5.96 Å². The molecule has 0 fully saturated rings. The molecule has 0 unspecified atom stereocenters. The van der Waals surface area contributed by atoms with Gasteiger partial charge in [-0.2, -0.15) is 0 Å². The first-order valence-corrected chi connectivity index (χ1v) is 10.6. The second kappa shape index (κ2) is 11.2. The molecule has 0 aliphatic carbocycles. The van der Waals surface area contributed by atoms with Crippen molar-refractivity contribution in [3.63, 3.8) is 0 Å². The van der Waals surface area contributed by atoms with Gasteiger partial charge in [0, 0.05) is 39.6 Å². The Morgan fingerprint density at radius 1 is 1.07 bits per heavy atom. The number of ether oxygens (including phenoxy) is 1. The minimum atomic E-state index is 0.227. The molecule has 0 saturated heterocycles. The molecule has 30 heavy (non-hydrogen) atoms. The molecule has 2 N–H and O–H groups in total. The zero-order valence-electron chi connectivity index (χ0n) is 18.0. The molecule has 6 nitrogen and oxygen atoms in total. The van der Waals surface area contributed by atoms with Crippen LogP contribution in [0.1, 0.15) is 29.5 Å². The minimum Gasteiger partial charge on any atom is -0.496 e. The standard InChI is InChI=1S/C24H32N4O2/c1-25-24(27-16-13-20-9-5-6-11-22(20)30-2)26-15-7-12-23(29)28-17-14-19-8-3-4-10-21(19)18-28/h3-6,8-11H,7,12-18H2,1-2H3,(H2,25,26,27). The number of nitrogens with zero attached hydrogens (tertiary/aromatic N) is 2. The van der Waals surface area contributed by atoms with Crippen molar-refractivity contribution in [2.24, 2.45) is 4.99 Å². The Kier molecular flexibility index (Phi) is 8.12. The van der Waals surface area contributed by atoms with Crippen LogP contribution in [0, 0.1) is 0 Å². The van der Waals surface area contributed by atoms with Crippen LogP contribution >= 0.6 is 0 Å². The molecule has 6 heteroatoms. The Morgan fingerprint density at radius 2 is 1.80 bits per heavy atom. The van der Waals surface area contributed by atoms with Crippen LogP contribution < -0.4 is 15.4 Å². The van der Waals surface area contributed by atoms with Gasteiger partial charge < -0.3 is 20.3 Å². The monoisotopic (exact) mass is 408 g/mol. The van der Waals surface area contributed by atoms with Gasteiger partial charge in [-0.1, -0.05) is 42.5 Å². The van der Waals surface area contributed by atoms with Gasteiger partial charge in [0.2, 0.25) is 5.91 Å². The molecule has 0 aromatic heterocycles. The molecular formula is C24H32N4O2. The van der Waals surface area contributed by atoms with Crippen LogP contribution in [0.4, 0.5) is 0 Å². The molecule has 160 valence electrons. The number of amides is 1. The third-order valence-corrected chi connectivity index (χ3v) is 5.45. The summed E-state index contributed by atoms with van der Waals surface area (Å²) in [6, 6.07) is 16.4. The Hall–Kier alpha value is -3.02. The van der Waals surface area contributed by atoms with Crippen LogP contribution in [-0.2, 0) is 24.2 Å². The fourth-order valence-corrected chi connectivity index (χ4v) is 3.76. The molecule has 0 radical (unpaired) electrons. The van der Waals surface area contributed by atoms with Crippen molar-refractivity contribution in [2.75, 3.05) is 33.8 Å². The van der Waals surface area contributed by atoms with Gasteiger partial charge in [-0.25, -0.2) is 0 Å². The minimum absolute atomic E-state index is 0.227. The fourth-order valence-electron chi connectivity index (χ4n) is 3.76. The van der Waals surface area contributed by atoms with Crippen LogP contribution in [-0.4, -0.2) is 50.6 Å². The Labute approximate surface area is 179 Å². The molecular weight excluding hydrogens is 376 g/mol. The van der Waals surface area contributed by atoms with Crippen LogP contribution in [0.5, 0.6) is 5.75 Å². The van der Waals surface area contributed by atoms with Gasteiger partial charge in [-0.05, 0) is 42.0 Å². The highest BCUT2D eigenvalue weighted by Gasteiger charge is 2.19. The molecule has 2 aromatic rings. The number of nitrogens with one attached hydrogen (secondary N) is 2.